The van der Waals surface area contributed by atoms with Crippen LogP contribution in [0.3, 0.4) is 0 Å². The minimum atomic E-state index is -4.60. The maximum atomic E-state index is 13.0. The van der Waals surface area contributed by atoms with E-state index in [0.29, 0.717) is 11.6 Å². The van der Waals surface area contributed by atoms with Crippen molar-refractivity contribution >= 4 is 35.2 Å². The first-order valence-electron chi connectivity index (χ1n) is 7.42. The molecular formula is C18H12ClF4NO3. The molecule has 0 fully saturated rings. The Morgan fingerprint density at radius 1 is 1.15 bits per heavy atom. The van der Waals surface area contributed by atoms with E-state index in [2.05, 4.69) is 10.1 Å². The fourth-order valence-corrected chi connectivity index (χ4v) is 2.11. The summed E-state index contributed by atoms with van der Waals surface area (Å²) in [5, 5.41) is 2.03. The normalized spacial score (nSPS) is 11.4. The fourth-order valence-electron chi connectivity index (χ4n) is 1.94. The van der Waals surface area contributed by atoms with E-state index in [-0.39, 0.29) is 10.7 Å². The van der Waals surface area contributed by atoms with Crippen LogP contribution in [0.1, 0.15) is 11.1 Å². The number of amides is 1. The summed E-state index contributed by atoms with van der Waals surface area (Å²) in [7, 11) is 0. The average molecular weight is 402 g/mol. The first kappa shape index (κ1) is 20.4. The highest BCUT2D eigenvalue weighted by molar-refractivity contribution is 6.33. The Balaban J connectivity index is 1.92. The van der Waals surface area contributed by atoms with Gasteiger partial charge in [-0.2, -0.15) is 13.2 Å². The Bertz CT molecular complexity index is 881. The molecule has 0 saturated carbocycles. The molecule has 2 aromatic carbocycles. The molecular weight excluding hydrogens is 390 g/mol. The van der Waals surface area contributed by atoms with Crippen molar-refractivity contribution in [2.45, 2.75) is 6.18 Å². The van der Waals surface area contributed by atoms with E-state index < -0.39 is 36.0 Å². The van der Waals surface area contributed by atoms with E-state index >= 15 is 0 Å². The van der Waals surface area contributed by atoms with E-state index in [4.69, 9.17) is 11.6 Å². The second-order valence-electron chi connectivity index (χ2n) is 5.24. The smallest absolute Gasteiger partial charge is 0.416 e. The summed E-state index contributed by atoms with van der Waals surface area (Å²) >= 11 is 5.75. The molecule has 4 nitrogen and oxygen atoms in total. The van der Waals surface area contributed by atoms with Crippen molar-refractivity contribution in [3.05, 3.63) is 70.5 Å². The number of rotatable bonds is 5. The molecule has 9 heteroatoms. The van der Waals surface area contributed by atoms with Gasteiger partial charge in [-0.15, -0.1) is 0 Å². The van der Waals surface area contributed by atoms with E-state index in [1.54, 1.807) is 6.07 Å². The predicted octanol–water partition coefficient (Wildman–Crippen LogP) is 4.69. The molecule has 2 rings (SSSR count). The lowest BCUT2D eigenvalue weighted by Crippen LogP contribution is -2.20. The molecule has 0 heterocycles. The van der Waals surface area contributed by atoms with Gasteiger partial charge in [0.25, 0.3) is 5.91 Å². The summed E-state index contributed by atoms with van der Waals surface area (Å²) in [5.41, 5.74) is -0.841. The van der Waals surface area contributed by atoms with Crippen LogP contribution in [0.15, 0.2) is 48.5 Å². The topological polar surface area (TPSA) is 55.4 Å². The Morgan fingerprint density at radius 3 is 2.56 bits per heavy atom. The first-order valence-corrected chi connectivity index (χ1v) is 7.80. The van der Waals surface area contributed by atoms with Crippen LogP contribution < -0.4 is 5.32 Å². The molecule has 27 heavy (non-hydrogen) atoms. The number of nitrogens with one attached hydrogen (secondary N) is 1. The van der Waals surface area contributed by atoms with Crippen molar-refractivity contribution in [3.8, 4) is 0 Å². The number of esters is 1. The summed E-state index contributed by atoms with van der Waals surface area (Å²) < 4.78 is 55.7. The van der Waals surface area contributed by atoms with E-state index in [0.717, 1.165) is 18.2 Å². The molecule has 0 saturated heterocycles. The number of carbonyl (C=O) groups is 2. The van der Waals surface area contributed by atoms with Gasteiger partial charge in [0, 0.05) is 6.08 Å². The maximum absolute atomic E-state index is 13.0. The molecule has 0 aliphatic heterocycles. The van der Waals surface area contributed by atoms with Crippen LogP contribution in [0, 0.1) is 5.82 Å². The SMILES string of the molecule is O=C(COC(=O)/C=C/c1cccc(F)c1)Nc1cc(C(F)(F)F)ccc1Cl. The highest BCUT2D eigenvalue weighted by Gasteiger charge is 2.31. The Morgan fingerprint density at radius 2 is 1.89 bits per heavy atom. The molecule has 2 aromatic rings. The third-order valence-electron chi connectivity index (χ3n) is 3.17. The standard InChI is InChI=1S/C18H12ClF4NO3/c19-14-6-5-12(18(21,22)23)9-15(14)24-16(25)10-27-17(26)7-4-11-2-1-3-13(20)8-11/h1-9H,10H2,(H,24,25)/b7-4+. The molecule has 0 aliphatic rings. The molecule has 1 N–H and O–H groups in total. The third kappa shape index (κ3) is 6.41. The van der Waals surface area contributed by atoms with Gasteiger partial charge in [-0.25, -0.2) is 9.18 Å². The number of hydrogen-bond donors (Lipinski definition) is 1. The molecule has 0 unspecified atom stereocenters. The highest BCUT2D eigenvalue weighted by atomic mass is 35.5. The number of halogens is 5. The molecule has 1 amide bonds. The van der Waals surface area contributed by atoms with Crippen molar-refractivity contribution in [2.75, 3.05) is 11.9 Å². The van der Waals surface area contributed by atoms with Gasteiger partial charge in [-0.3, -0.25) is 4.79 Å². The monoisotopic (exact) mass is 401 g/mol. The van der Waals surface area contributed by atoms with Crippen LogP contribution in [-0.4, -0.2) is 18.5 Å². The van der Waals surface area contributed by atoms with Gasteiger partial charge in [0.2, 0.25) is 0 Å². The molecule has 0 aliphatic carbocycles. The van der Waals surface area contributed by atoms with Crippen molar-refractivity contribution in [2.24, 2.45) is 0 Å². The number of anilines is 1. The Labute approximate surface area is 156 Å². The molecule has 0 bridgehead atoms. The average Bonchev–Trinajstić information content (AvgIpc) is 2.59. The molecule has 0 radical (unpaired) electrons. The number of benzene rings is 2. The Kier molecular flexibility index (Phi) is 6.57. The van der Waals surface area contributed by atoms with Crippen LogP contribution in [0.25, 0.3) is 6.08 Å². The molecule has 0 atom stereocenters. The predicted molar refractivity (Wildman–Crippen MR) is 91.5 cm³/mol. The van der Waals surface area contributed by atoms with Gasteiger partial charge in [0.05, 0.1) is 16.3 Å². The summed E-state index contributed by atoms with van der Waals surface area (Å²) in [6, 6.07) is 7.86. The van der Waals surface area contributed by atoms with Crippen molar-refractivity contribution in [1.29, 1.82) is 0 Å². The second kappa shape index (κ2) is 8.68. The Hall–Kier alpha value is -2.87. The molecule has 142 valence electrons. The van der Waals surface area contributed by atoms with Crippen LogP contribution in [0.5, 0.6) is 0 Å². The van der Waals surface area contributed by atoms with Crippen LogP contribution >= 0.6 is 11.6 Å². The number of carbonyl (C=O) groups excluding carboxylic acids is 2. The quantitative estimate of drug-likeness (QED) is 0.449. The molecule has 0 spiro atoms. The lowest BCUT2D eigenvalue weighted by atomic mass is 10.2. The second-order valence-corrected chi connectivity index (χ2v) is 5.64. The van der Waals surface area contributed by atoms with E-state index in [1.807, 2.05) is 0 Å². The fraction of sp³-hybridized carbons (Fsp3) is 0.111. The summed E-state index contributed by atoms with van der Waals surface area (Å²) in [6.07, 6.45) is -2.33. The van der Waals surface area contributed by atoms with E-state index in [9.17, 15) is 27.2 Å². The van der Waals surface area contributed by atoms with Crippen molar-refractivity contribution in [1.82, 2.24) is 0 Å². The number of alkyl halides is 3. The maximum Gasteiger partial charge on any atom is 0.416 e. The minimum Gasteiger partial charge on any atom is -0.452 e. The zero-order valence-electron chi connectivity index (χ0n) is 13.5. The zero-order valence-corrected chi connectivity index (χ0v) is 14.3. The van der Waals surface area contributed by atoms with Gasteiger partial charge in [-0.1, -0.05) is 23.7 Å². The summed E-state index contributed by atoms with van der Waals surface area (Å²) in [6.45, 7) is -0.737. The van der Waals surface area contributed by atoms with Crippen molar-refractivity contribution in [3.63, 3.8) is 0 Å². The summed E-state index contributed by atoms with van der Waals surface area (Å²) in [5.74, 6) is -2.24. The van der Waals surface area contributed by atoms with Gasteiger partial charge in [0.1, 0.15) is 5.82 Å². The van der Waals surface area contributed by atoms with Gasteiger partial charge in [0.15, 0.2) is 6.61 Å². The lowest BCUT2D eigenvalue weighted by Gasteiger charge is -2.11. The first-order chi connectivity index (χ1) is 12.6. The third-order valence-corrected chi connectivity index (χ3v) is 3.50. The lowest BCUT2D eigenvalue weighted by molar-refractivity contribution is -0.142. The van der Waals surface area contributed by atoms with E-state index in [1.165, 1.54) is 24.3 Å². The van der Waals surface area contributed by atoms with Crippen LogP contribution in [0.2, 0.25) is 5.02 Å². The largest absolute Gasteiger partial charge is 0.452 e. The number of ether oxygens (including phenoxy) is 1. The van der Waals surface area contributed by atoms with Crippen molar-refractivity contribution < 1.29 is 31.9 Å². The zero-order chi connectivity index (χ0) is 20.0. The van der Waals surface area contributed by atoms with Crippen LogP contribution in [0.4, 0.5) is 23.2 Å². The minimum absolute atomic E-state index is 0.103. The molecule has 0 aromatic heterocycles. The number of hydrogen-bond acceptors (Lipinski definition) is 3. The van der Waals surface area contributed by atoms with Gasteiger partial charge in [-0.05, 0) is 42.0 Å². The van der Waals surface area contributed by atoms with Gasteiger partial charge >= 0.3 is 12.1 Å². The summed E-state index contributed by atoms with van der Waals surface area (Å²) in [4.78, 5) is 23.3. The van der Waals surface area contributed by atoms with Crippen LogP contribution in [-0.2, 0) is 20.5 Å². The van der Waals surface area contributed by atoms with Gasteiger partial charge < -0.3 is 10.1 Å². The highest BCUT2D eigenvalue weighted by Crippen LogP contribution is 2.33.